The van der Waals surface area contributed by atoms with Crippen LogP contribution >= 0.6 is 10.5 Å². The van der Waals surface area contributed by atoms with Crippen LogP contribution in [0.25, 0.3) is 29.2 Å². The summed E-state index contributed by atoms with van der Waals surface area (Å²) in [6.07, 6.45) is 0. The number of alkyl halides is 3. The number of halogens is 3. The Morgan fingerprint density at radius 3 is 1.89 bits per heavy atom. The summed E-state index contributed by atoms with van der Waals surface area (Å²) < 4.78 is 90.0. The Hall–Kier alpha value is -3.04. The summed E-state index contributed by atoms with van der Waals surface area (Å²) in [5, 5.41) is 1.28. The van der Waals surface area contributed by atoms with Gasteiger partial charge in [-0.15, -0.1) is 0 Å². The number of anilines is 1. The maximum atomic E-state index is 13.0. The van der Waals surface area contributed by atoms with Gasteiger partial charge in [0.1, 0.15) is 0 Å². The van der Waals surface area contributed by atoms with Gasteiger partial charge < -0.3 is 9.03 Å². The summed E-state index contributed by atoms with van der Waals surface area (Å²) in [6.45, 7) is -0.725. The summed E-state index contributed by atoms with van der Waals surface area (Å²) in [6, 6.07) is 22.1. The second-order valence-corrected chi connectivity index (χ2v) is 12.9. The van der Waals surface area contributed by atoms with Crippen LogP contribution in [0.4, 0.5) is 18.9 Å². The highest BCUT2D eigenvalue weighted by molar-refractivity contribution is 8.10. The molecule has 37 heavy (non-hydrogen) atoms. The second kappa shape index (κ2) is 10.0. The van der Waals surface area contributed by atoms with Gasteiger partial charge >= 0.3 is 5.51 Å². The van der Waals surface area contributed by atoms with Crippen molar-refractivity contribution in [1.29, 1.82) is 0 Å². The van der Waals surface area contributed by atoms with Crippen molar-refractivity contribution in [3.05, 3.63) is 87.1 Å². The van der Waals surface area contributed by atoms with Crippen LogP contribution in [-0.2, 0) is 24.5 Å². The number of benzene rings is 3. The molecule has 0 atom stereocenters. The summed E-state index contributed by atoms with van der Waals surface area (Å²) in [4.78, 5) is 15.5. The lowest BCUT2D eigenvalue weighted by Crippen LogP contribution is -2.27. The molecule has 0 spiro atoms. The van der Waals surface area contributed by atoms with Crippen molar-refractivity contribution in [3.63, 3.8) is 0 Å². The van der Waals surface area contributed by atoms with Gasteiger partial charge in [-0.1, -0.05) is 24.3 Å². The highest BCUT2D eigenvalue weighted by Crippen LogP contribution is 2.43. The Morgan fingerprint density at radius 2 is 1.38 bits per heavy atom. The number of likely N-dealkylation sites (N-methyl/N-ethyl adjacent to an activating group) is 1. The zero-order chi connectivity index (χ0) is 27.0. The molecule has 0 aliphatic heterocycles. The third-order valence-electron chi connectivity index (χ3n) is 5.36. The Labute approximate surface area is 213 Å². The Kier molecular flexibility index (Phi) is 7.32. The first-order chi connectivity index (χ1) is 17.3. The van der Waals surface area contributed by atoms with E-state index in [9.17, 15) is 34.8 Å². The molecule has 8 nitrogen and oxygen atoms in total. The molecular formula is C23H19F3N2O6S3. The standard InChI is InChI=1S/C23H19F3N2O6S3/c1-28(14-15-34-37(32,33)27-36(30,31)23(24,25)26)16-10-12-17(13-11-16)35-20-8-4-2-6-18(20)22(29)19-7-3-5-9-21(19)35/h2-13H,14-15H2,1H3. The average Bonchev–Trinajstić information content (AvgIpc) is 2.83. The van der Waals surface area contributed by atoms with Gasteiger partial charge in [-0.25, -0.2) is 16.8 Å². The van der Waals surface area contributed by atoms with Gasteiger partial charge in [0.05, 0.1) is 17.4 Å². The van der Waals surface area contributed by atoms with E-state index in [-0.39, 0.29) is 12.0 Å². The fourth-order valence-corrected chi connectivity index (χ4v) is 7.71. The molecule has 0 aliphatic carbocycles. The van der Waals surface area contributed by atoms with Gasteiger partial charge in [0, 0.05) is 41.9 Å². The summed E-state index contributed by atoms with van der Waals surface area (Å²) in [5.41, 5.74) is -5.24. The van der Waals surface area contributed by atoms with E-state index < -0.39 is 42.9 Å². The largest absolute Gasteiger partial charge is 0.480 e. The highest BCUT2D eigenvalue weighted by Gasteiger charge is 2.40. The lowest BCUT2D eigenvalue weighted by Gasteiger charge is -2.23. The van der Waals surface area contributed by atoms with Crippen molar-refractivity contribution in [2.24, 2.45) is 0 Å². The number of sulfonamides is 1. The van der Waals surface area contributed by atoms with Gasteiger partial charge in [0.25, 0.3) is 0 Å². The predicted molar refractivity (Wildman–Crippen MR) is 138 cm³/mol. The molecule has 0 radical (unpaired) electrons. The monoisotopic (exact) mass is 572 g/mol. The Morgan fingerprint density at radius 1 is 0.865 bits per heavy atom. The van der Waals surface area contributed by atoms with Crippen LogP contribution in [0.15, 0.2) is 77.6 Å². The number of rotatable bonds is 8. The first-order valence-electron chi connectivity index (χ1n) is 10.5. The first kappa shape index (κ1) is 27.0. The van der Waals surface area contributed by atoms with Crippen LogP contribution in [0.2, 0.25) is 0 Å². The van der Waals surface area contributed by atoms with Gasteiger partial charge in [0.15, 0.2) is 24.3 Å². The van der Waals surface area contributed by atoms with Crippen LogP contribution in [0.3, 0.4) is 0 Å². The van der Waals surface area contributed by atoms with E-state index in [1.165, 1.54) is 0 Å². The fraction of sp³-hybridized carbons (Fsp3) is 0.174. The SMILES string of the molecule is CN(CCOS(=O)(=O)[N-]S(=O)(=O)C(F)(F)F)c1ccc(-[s+]2c3ccccc3c(=O)c3ccccc32)cc1. The quantitative estimate of drug-likeness (QED) is 0.215. The zero-order valence-electron chi connectivity index (χ0n) is 19.0. The van der Waals surface area contributed by atoms with Crippen molar-refractivity contribution in [2.75, 3.05) is 25.1 Å². The molecule has 196 valence electrons. The topological polar surface area (TPSA) is 112 Å². The molecule has 0 N–H and O–H groups in total. The maximum absolute atomic E-state index is 13.0. The van der Waals surface area contributed by atoms with E-state index in [1.54, 1.807) is 36.2 Å². The van der Waals surface area contributed by atoms with E-state index >= 15 is 0 Å². The summed E-state index contributed by atoms with van der Waals surface area (Å²) >= 11 is 0. The third kappa shape index (κ3) is 5.62. The number of nitrogens with zero attached hydrogens (tertiary/aromatic N) is 2. The molecular weight excluding hydrogens is 553 g/mol. The highest BCUT2D eigenvalue weighted by atomic mass is 32.3. The first-order valence-corrected chi connectivity index (χ1v) is 14.6. The van der Waals surface area contributed by atoms with Crippen molar-refractivity contribution < 1.29 is 34.2 Å². The molecule has 0 bridgehead atoms. The molecule has 0 amide bonds. The van der Waals surface area contributed by atoms with Crippen molar-refractivity contribution >= 4 is 56.7 Å². The summed E-state index contributed by atoms with van der Waals surface area (Å²) in [5.74, 6) is 0. The molecule has 1 heterocycles. The molecule has 0 saturated heterocycles. The van der Waals surface area contributed by atoms with E-state index in [0.29, 0.717) is 16.5 Å². The number of fused-ring (bicyclic) bond motifs is 2. The maximum Gasteiger partial charge on any atom is 0.480 e. The van der Waals surface area contributed by atoms with Crippen LogP contribution in [0.5, 0.6) is 0 Å². The molecule has 4 rings (SSSR count). The lowest BCUT2D eigenvalue weighted by molar-refractivity contribution is -0.0425. The van der Waals surface area contributed by atoms with Crippen LogP contribution in [-0.4, -0.2) is 42.5 Å². The van der Waals surface area contributed by atoms with Crippen LogP contribution < -0.4 is 10.3 Å². The van der Waals surface area contributed by atoms with Crippen molar-refractivity contribution in [3.8, 4) is 4.90 Å². The molecule has 0 aliphatic rings. The normalized spacial score (nSPS) is 12.8. The molecule has 14 heteroatoms. The van der Waals surface area contributed by atoms with E-state index in [0.717, 1.165) is 14.3 Å². The van der Waals surface area contributed by atoms with Gasteiger partial charge in [-0.2, -0.15) is 13.2 Å². The molecule has 0 fully saturated rings. The van der Waals surface area contributed by atoms with E-state index in [1.807, 2.05) is 52.7 Å². The minimum Gasteiger partial charge on any atom is -0.404 e. The average molecular weight is 573 g/mol. The Bertz CT molecular complexity index is 1680. The second-order valence-electron chi connectivity index (χ2n) is 7.79. The molecule has 0 unspecified atom stereocenters. The van der Waals surface area contributed by atoms with Gasteiger partial charge in [0.2, 0.25) is 15.7 Å². The van der Waals surface area contributed by atoms with Crippen molar-refractivity contribution in [2.45, 2.75) is 5.51 Å². The minimum atomic E-state index is -6.24. The smallest absolute Gasteiger partial charge is 0.404 e. The predicted octanol–water partition coefficient (Wildman–Crippen LogP) is 5.01. The summed E-state index contributed by atoms with van der Waals surface area (Å²) in [7, 11) is -10.5. The lowest BCUT2D eigenvalue weighted by atomic mass is 10.2. The number of hydrogen-bond acceptors (Lipinski definition) is 7. The minimum absolute atomic E-state index is 0.0315. The van der Waals surface area contributed by atoms with E-state index in [4.69, 9.17) is 0 Å². The third-order valence-corrected chi connectivity index (χ3v) is 10.3. The molecule has 4 aromatic rings. The fourth-order valence-electron chi connectivity index (χ4n) is 3.61. The van der Waals surface area contributed by atoms with Gasteiger partial charge in [-0.3, -0.25) is 8.98 Å². The molecule has 3 aromatic carbocycles. The van der Waals surface area contributed by atoms with Crippen molar-refractivity contribution in [1.82, 2.24) is 0 Å². The Balaban J connectivity index is 1.54. The van der Waals surface area contributed by atoms with Gasteiger partial charge in [-0.05, 0) is 36.4 Å². The van der Waals surface area contributed by atoms with Crippen LogP contribution in [0, 0.1) is 0 Å². The molecule has 0 saturated carbocycles. The molecule has 1 aromatic heterocycles. The number of hydrogen-bond donors (Lipinski definition) is 0. The zero-order valence-corrected chi connectivity index (χ0v) is 21.5. The van der Waals surface area contributed by atoms with Crippen LogP contribution in [0.1, 0.15) is 0 Å². The van der Waals surface area contributed by atoms with E-state index in [2.05, 4.69) is 4.18 Å².